The third-order valence-corrected chi connectivity index (χ3v) is 6.75. The minimum Gasteiger partial charge on any atom is -0.493 e. The summed E-state index contributed by atoms with van der Waals surface area (Å²) in [5.41, 5.74) is 2.38. The molecule has 35 heavy (non-hydrogen) atoms. The zero-order valence-corrected chi connectivity index (χ0v) is 20.4. The van der Waals surface area contributed by atoms with Crippen LogP contribution in [-0.2, 0) is 21.2 Å². The Balaban J connectivity index is 1.39. The molecule has 0 fully saturated rings. The van der Waals surface area contributed by atoms with Crippen LogP contribution in [0.1, 0.15) is 43.2 Å². The number of carboxylic acid groups (broad SMARTS) is 1. The van der Waals surface area contributed by atoms with Crippen molar-refractivity contribution in [2.45, 2.75) is 43.4 Å². The van der Waals surface area contributed by atoms with Gasteiger partial charge in [0.05, 0.1) is 11.5 Å². The maximum absolute atomic E-state index is 12.5. The van der Waals surface area contributed by atoms with Gasteiger partial charge in [-0.15, -0.1) is 0 Å². The van der Waals surface area contributed by atoms with Crippen LogP contribution in [0.25, 0.3) is 6.08 Å². The molecule has 2 N–H and O–H groups in total. The highest BCUT2D eigenvalue weighted by atomic mass is 32.2. The number of benzene rings is 3. The van der Waals surface area contributed by atoms with Crippen LogP contribution in [-0.4, -0.2) is 26.1 Å². The molecule has 0 spiro atoms. The van der Waals surface area contributed by atoms with Gasteiger partial charge in [-0.1, -0.05) is 60.7 Å². The van der Waals surface area contributed by atoms with Crippen molar-refractivity contribution < 1.29 is 23.1 Å². The number of rotatable bonds is 14. The van der Waals surface area contributed by atoms with E-state index in [1.807, 2.05) is 48.5 Å². The van der Waals surface area contributed by atoms with E-state index in [0.29, 0.717) is 18.7 Å². The van der Waals surface area contributed by atoms with Crippen molar-refractivity contribution in [3.8, 4) is 5.75 Å². The Labute approximate surface area is 207 Å². The number of sulfonamides is 1. The fourth-order valence-corrected chi connectivity index (χ4v) is 4.63. The summed E-state index contributed by atoms with van der Waals surface area (Å²) in [7, 11) is -3.61. The number of aryl methyl sites for hydroxylation is 1. The van der Waals surface area contributed by atoms with Gasteiger partial charge in [0.1, 0.15) is 5.75 Å². The van der Waals surface area contributed by atoms with E-state index in [1.165, 1.54) is 0 Å². The molecule has 184 valence electrons. The lowest BCUT2D eigenvalue weighted by atomic mass is 10.1. The number of nitrogens with one attached hydrogen (secondary N) is 1. The standard InChI is InChI=1S/C28H31NO5S/c30-28(31)20-19-24-14-8-9-18-27(24)34-21-10-3-1-2-5-12-23-13-11-15-25(22-23)29-35(32,33)26-16-6-4-7-17-26/h4-9,11-18,22,29H,1-3,10,19-21H2,(H,30,31)/b12-5+. The van der Waals surface area contributed by atoms with E-state index >= 15 is 0 Å². The van der Waals surface area contributed by atoms with Crippen molar-refractivity contribution in [3.63, 3.8) is 0 Å². The topological polar surface area (TPSA) is 92.7 Å². The summed E-state index contributed by atoms with van der Waals surface area (Å²) in [6.07, 6.45) is 8.49. The molecule has 3 rings (SSSR count). The first-order valence-electron chi connectivity index (χ1n) is 11.7. The van der Waals surface area contributed by atoms with Gasteiger partial charge in [0.15, 0.2) is 0 Å². The molecule has 7 heteroatoms. The predicted molar refractivity (Wildman–Crippen MR) is 139 cm³/mol. The number of carboxylic acids is 1. The molecule has 0 heterocycles. The molecule has 3 aromatic rings. The van der Waals surface area contributed by atoms with E-state index in [0.717, 1.165) is 42.6 Å². The van der Waals surface area contributed by atoms with Crippen molar-refractivity contribution in [3.05, 3.63) is 96.1 Å². The molecule has 0 aliphatic carbocycles. The molecule has 0 radical (unpaired) electrons. The monoisotopic (exact) mass is 493 g/mol. The smallest absolute Gasteiger partial charge is 0.303 e. The number of hydrogen-bond donors (Lipinski definition) is 2. The molecule has 3 aromatic carbocycles. The zero-order chi connectivity index (χ0) is 24.9. The van der Waals surface area contributed by atoms with Gasteiger partial charge in [0, 0.05) is 12.1 Å². The molecule has 0 bridgehead atoms. The van der Waals surface area contributed by atoms with Crippen LogP contribution >= 0.6 is 0 Å². The van der Waals surface area contributed by atoms with E-state index in [2.05, 4.69) is 10.8 Å². The van der Waals surface area contributed by atoms with Gasteiger partial charge in [-0.2, -0.15) is 0 Å². The first kappa shape index (κ1) is 26.0. The van der Waals surface area contributed by atoms with Crippen LogP contribution in [0, 0.1) is 0 Å². The Bertz CT molecular complexity index is 1220. The maximum atomic E-state index is 12.5. The maximum Gasteiger partial charge on any atom is 0.303 e. The largest absolute Gasteiger partial charge is 0.493 e. The SMILES string of the molecule is O=C(O)CCc1ccccc1OCCCCC/C=C/c1cccc(NS(=O)(=O)c2ccccc2)c1. The fourth-order valence-electron chi connectivity index (χ4n) is 3.55. The average molecular weight is 494 g/mol. The van der Waals surface area contributed by atoms with Gasteiger partial charge in [0.2, 0.25) is 0 Å². The van der Waals surface area contributed by atoms with E-state index in [1.54, 1.807) is 36.4 Å². The number of para-hydroxylation sites is 1. The second-order valence-electron chi connectivity index (χ2n) is 8.15. The number of ether oxygens (including phenoxy) is 1. The molecular formula is C28H31NO5S. The number of carbonyl (C=O) groups is 1. The van der Waals surface area contributed by atoms with Gasteiger partial charge >= 0.3 is 5.97 Å². The highest BCUT2D eigenvalue weighted by molar-refractivity contribution is 7.92. The highest BCUT2D eigenvalue weighted by Gasteiger charge is 2.13. The van der Waals surface area contributed by atoms with Gasteiger partial charge < -0.3 is 9.84 Å². The molecular weight excluding hydrogens is 462 g/mol. The predicted octanol–water partition coefficient (Wildman–Crippen LogP) is 6.16. The molecule has 0 amide bonds. The molecule has 0 saturated heterocycles. The summed E-state index contributed by atoms with van der Waals surface area (Å²) in [5, 5.41) is 8.88. The van der Waals surface area contributed by atoms with Gasteiger partial charge in [-0.3, -0.25) is 9.52 Å². The minimum atomic E-state index is -3.61. The average Bonchev–Trinajstić information content (AvgIpc) is 2.85. The first-order chi connectivity index (χ1) is 16.9. The molecule has 0 aromatic heterocycles. The van der Waals surface area contributed by atoms with Crippen molar-refractivity contribution in [1.82, 2.24) is 0 Å². The van der Waals surface area contributed by atoms with Crippen molar-refractivity contribution in [1.29, 1.82) is 0 Å². The minimum absolute atomic E-state index is 0.0918. The second kappa shape index (κ2) is 13.3. The van der Waals surface area contributed by atoms with Crippen molar-refractivity contribution >= 4 is 27.8 Å². The Morgan fingerprint density at radius 2 is 1.69 bits per heavy atom. The first-order valence-corrected chi connectivity index (χ1v) is 13.2. The fraction of sp³-hybridized carbons (Fsp3) is 0.250. The van der Waals surface area contributed by atoms with Gasteiger partial charge in [-0.25, -0.2) is 8.42 Å². The van der Waals surface area contributed by atoms with E-state index in [9.17, 15) is 13.2 Å². The Hall–Kier alpha value is -3.58. The van der Waals surface area contributed by atoms with E-state index in [4.69, 9.17) is 9.84 Å². The summed E-state index contributed by atoms with van der Waals surface area (Å²) in [6, 6.07) is 23.2. The van der Waals surface area contributed by atoms with Gasteiger partial charge in [0.25, 0.3) is 10.0 Å². The summed E-state index contributed by atoms with van der Waals surface area (Å²) in [5.74, 6) is -0.0514. The Morgan fingerprint density at radius 1 is 0.914 bits per heavy atom. The number of aliphatic carboxylic acids is 1. The lowest BCUT2D eigenvalue weighted by molar-refractivity contribution is -0.136. The third-order valence-electron chi connectivity index (χ3n) is 5.36. The van der Waals surface area contributed by atoms with Crippen LogP contribution in [0.15, 0.2) is 89.8 Å². The number of allylic oxidation sites excluding steroid dienone is 1. The van der Waals surface area contributed by atoms with Crippen LogP contribution in [0.3, 0.4) is 0 Å². The van der Waals surface area contributed by atoms with Crippen LogP contribution in [0.2, 0.25) is 0 Å². The van der Waals surface area contributed by atoms with Crippen LogP contribution in [0.4, 0.5) is 5.69 Å². The van der Waals surface area contributed by atoms with Crippen molar-refractivity contribution in [2.24, 2.45) is 0 Å². The molecule has 0 unspecified atom stereocenters. The molecule has 0 atom stereocenters. The number of hydrogen-bond acceptors (Lipinski definition) is 4. The van der Waals surface area contributed by atoms with Crippen LogP contribution in [0.5, 0.6) is 5.75 Å². The number of unbranched alkanes of at least 4 members (excludes halogenated alkanes) is 3. The summed E-state index contributed by atoms with van der Waals surface area (Å²) < 4.78 is 33.5. The lowest BCUT2D eigenvalue weighted by Gasteiger charge is -2.10. The number of anilines is 1. The second-order valence-corrected chi connectivity index (χ2v) is 9.83. The van der Waals surface area contributed by atoms with E-state index in [-0.39, 0.29) is 11.3 Å². The van der Waals surface area contributed by atoms with Gasteiger partial charge in [-0.05, 0) is 73.6 Å². The molecule has 0 saturated carbocycles. The summed E-state index contributed by atoms with van der Waals surface area (Å²) in [6.45, 7) is 0.595. The van der Waals surface area contributed by atoms with Crippen LogP contribution < -0.4 is 9.46 Å². The normalized spacial score (nSPS) is 11.4. The quantitative estimate of drug-likeness (QED) is 0.263. The summed E-state index contributed by atoms with van der Waals surface area (Å²) >= 11 is 0. The molecule has 6 nitrogen and oxygen atoms in total. The highest BCUT2D eigenvalue weighted by Crippen LogP contribution is 2.21. The van der Waals surface area contributed by atoms with Crippen molar-refractivity contribution in [2.75, 3.05) is 11.3 Å². The Morgan fingerprint density at radius 3 is 2.49 bits per heavy atom. The van der Waals surface area contributed by atoms with E-state index < -0.39 is 16.0 Å². The lowest BCUT2D eigenvalue weighted by Crippen LogP contribution is -2.12. The molecule has 0 aliphatic rings. The summed E-state index contributed by atoms with van der Waals surface area (Å²) in [4.78, 5) is 11.0. The third kappa shape index (κ3) is 8.94. The Kier molecular flexibility index (Phi) is 9.93. The zero-order valence-electron chi connectivity index (χ0n) is 19.6. The molecule has 0 aliphatic heterocycles.